The van der Waals surface area contributed by atoms with Crippen LogP contribution >= 0.6 is 11.8 Å². The lowest BCUT2D eigenvalue weighted by Gasteiger charge is -2.16. The Morgan fingerprint density at radius 1 is 1.16 bits per heavy atom. The predicted molar refractivity (Wildman–Crippen MR) is 97.6 cm³/mol. The third-order valence-electron chi connectivity index (χ3n) is 4.54. The zero-order valence-corrected chi connectivity index (χ0v) is 16.0. The molecule has 0 radical (unpaired) electrons. The van der Waals surface area contributed by atoms with E-state index in [4.69, 9.17) is 0 Å². The number of hydrogen-bond acceptors (Lipinski definition) is 5. The van der Waals surface area contributed by atoms with E-state index in [9.17, 15) is 35.9 Å². The fraction of sp³-hybridized carbons (Fsp3) is 0.294. The smallest absolute Gasteiger partial charge is 0.326 e. The van der Waals surface area contributed by atoms with Crippen molar-refractivity contribution in [2.45, 2.75) is 30.0 Å². The molecule has 2 aromatic heterocycles. The van der Waals surface area contributed by atoms with E-state index in [1.165, 1.54) is 22.5 Å². The lowest BCUT2D eigenvalue weighted by atomic mass is 10.1. The van der Waals surface area contributed by atoms with Crippen molar-refractivity contribution in [2.24, 2.45) is 0 Å². The maximum Gasteiger partial charge on any atom is 0.416 e. The normalized spacial score (nSPS) is 16.5. The number of benzene rings is 1. The van der Waals surface area contributed by atoms with Crippen molar-refractivity contribution in [3.05, 3.63) is 45.9 Å². The van der Waals surface area contributed by atoms with E-state index in [0.29, 0.717) is 17.3 Å². The van der Waals surface area contributed by atoms with Crippen molar-refractivity contribution in [1.29, 1.82) is 0 Å². The van der Waals surface area contributed by atoms with E-state index >= 15 is 0 Å². The summed E-state index contributed by atoms with van der Waals surface area (Å²) in [7, 11) is 0. The SMILES string of the molecule is O=C(CC1CSc2nc3[nH]ncc3c(=O)n21)Nc1cc(C(F)(F)F)cc(C(F)(F)F)c1. The Bertz CT molecular complexity index is 1200. The summed E-state index contributed by atoms with van der Waals surface area (Å²) >= 11 is 1.19. The second-order valence-electron chi connectivity index (χ2n) is 6.71. The van der Waals surface area contributed by atoms with Crippen molar-refractivity contribution in [2.75, 3.05) is 11.1 Å². The molecule has 0 saturated carbocycles. The number of carbonyl (C=O) groups is 1. The van der Waals surface area contributed by atoms with Gasteiger partial charge in [-0.05, 0) is 18.2 Å². The first-order valence-corrected chi connectivity index (χ1v) is 9.60. The molecule has 3 heterocycles. The van der Waals surface area contributed by atoms with Crippen LogP contribution in [-0.4, -0.2) is 31.4 Å². The molecule has 0 spiro atoms. The summed E-state index contributed by atoms with van der Waals surface area (Å²) in [5, 5.41) is 8.89. The van der Waals surface area contributed by atoms with E-state index in [1.807, 2.05) is 0 Å². The first-order chi connectivity index (χ1) is 14.4. The molecule has 0 saturated heterocycles. The number of nitrogens with one attached hydrogen (secondary N) is 2. The molecule has 1 aliphatic rings. The topological polar surface area (TPSA) is 92.7 Å². The molecule has 7 nitrogen and oxygen atoms in total. The van der Waals surface area contributed by atoms with Crippen molar-refractivity contribution >= 4 is 34.4 Å². The fourth-order valence-electron chi connectivity index (χ4n) is 3.16. The summed E-state index contributed by atoms with van der Waals surface area (Å²) in [5.41, 5.74) is -3.90. The number of rotatable bonds is 3. The Morgan fingerprint density at radius 3 is 2.42 bits per heavy atom. The molecule has 31 heavy (non-hydrogen) atoms. The summed E-state index contributed by atoms with van der Waals surface area (Å²) in [6.07, 6.45) is -9.13. The van der Waals surface area contributed by atoms with Gasteiger partial charge in [-0.15, -0.1) is 0 Å². The Hall–Kier alpha value is -3.03. The minimum Gasteiger partial charge on any atom is -0.326 e. The van der Waals surface area contributed by atoms with Crippen LogP contribution in [0.3, 0.4) is 0 Å². The molecule has 3 aromatic rings. The standard InChI is InChI=1S/C17H11F6N5O2S/c18-16(19,20)7-1-8(17(21,22)23)3-9(2-7)25-12(29)4-10-6-31-15-26-13-11(5-24-27-13)14(30)28(10)15/h1-3,5,10H,4,6H2,(H,24,27)(H,25,29). The molecule has 0 aliphatic carbocycles. The lowest BCUT2D eigenvalue weighted by Crippen LogP contribution is -2.27. The second kappa shape index (κ2) is 7.28. The van der Waals surface area contributed by atoms with Crippen LogP contribution in [0.4, 0.5) is 32.0 Å². The van der Waals surface area contributed by atoms with Crippen LogP contribution in [0.1, 0.15) is 23.6 Å². The number of aromatic nitrogens is 4. The highest BCUT2D eigenvalue weighted by Crippen LogP contribution is 2.38. The van der Waals surface area contributed by atoms with Crippen LogP contribution < -0.4 is 10.9 Å². The van der Waals surface area contributed by atoms with Gasteiger partial charge in [0.2, 0.25) is 5.91 Å². The first-order valence-electron chi connectivity index (χ1n) is 8.61. The van der Waals surface area contributed by atoms with Crippen LogP contribution in [0.2, 0.25) is 0 Å². The molecule has 14 heteroatoms. The van der Waals surface area contributed by atoms with E-state index in [1.54, 1.807) is 0 Å². The molecule has 0 fully saturated rings. The number of nitrogens with zero attached hydrogens (tertiary/aromatic N) is 3. The molecule has 2 N–H and O–H groups in total. The molecular weight excluding hydrogens is 452 g/mol. The largest absolute Gasteiger partial charge is 0.416 e. The highest BCUT2D eigenvalue weighted by Gasteiger charge is 2.37. The van der Waals surface area contributed by atoms with Crippen molar-refractivity contribution in [1.82, 2.24) is 19.7 Å². The number of carbonyl (C=O) groups excluding carboxylic acids is 1. The molecule has 1 aromatic carbocycles. The average Bonchev–Trinajstić information content (AvgIpc) is 3.27. The average molecular weight is 463 g/mol. The van der Waals surface area contributed by atoms with Crippen molar-refractivity contribution < 1.29 is 31.1 Å². The van der Waals surface area contributed by atoms with Crippen LogP contribution in [-0.2, 0) is 17.1 Å². The van der Waals surface area contributed by atoms with E-state index in [2.05, 4.69) is 20.5 Å². The van der Waals surface area contributed by atoms with E-state index < -0.39 is 46.7 Å². The number of halogens is 6. The van der Waals surface area contributed by atoms with Gasteiger partial charge >= 0.3 is 12.4 Å². The van der Waals surface area contributed by atoms with Gasteiger partial charge in [0.15, 0.2) is 10.8 Å². The van der Waals surface area contributed by atoms with Gasteiger partial charge in [-0.2, -0.15) is 31.4 Å². The number of thioether (sulfide) groups is 1. The monoisotopic (exact) mass is 463 g/mol. The van der Waals surface area contributed by atoms with E-state index in [-0.39, 0.29) is 29.3 Å². The lowest BCUT2D eigenvalue weighted by molar-refractivity contribution is -0.143. The number of anilines is 1. The Balaban J connectivity index is 1.59. The molecule has 0 bridgehead atoms. The fourth-order valence-corrected chi connectivity index (χ4v) is 4.29. The Kier molecular flexibility index (Phi) is 4.98. The molecule has 164 valence electrons. The summed E-state index contributed by atoms with van der Waals surface area (Å²) in [6.45, 7) is 0. The number of hydrogen-bond donors (Lipinski definition) is 2. The summed E-state index contributed by atoms with van der Waals surface area (Å²) < 4.78 is 79.1. The van der Waals surface area contributed by atoms with Crippen LogP contribution in [0.25, 0.3) is 11.0 Å². The van der Waals surface area contributed by atoms with Gasteiger partial charge in [0.1, 0.15) is 5.39 Å². The number of fused-ring (bicyclic) bond motifs is 2. The molecule has 1 amide bonds. The number of H-pyrrole nitrogens is 1. The summed E-state index contributed by atoms with van der Waals surface area (Å²) in [6, 6.07) is 0.147. The number of aromatic amines is 1. The van der Waals surface area contributed by atoms with Crippen LogP contribution in [0.15, 0.2) is 34.3 Å². The molecular formula is C17H11F6N5O2S. The van der Waals surface area contributed by atoms with Gasteiger partial charge in [-0.25, -0.2) is 4.98 Å². The maximum atomic E-state index is 13.0. The van der Waals surface area contributed by atoms with E-state index in [0.717, 1.165) is 0 Å². The van der Waals surface area contributed by atoms with Gasteiger partial charge in [-0.1, -0.05) is 11.8 Å². The van der Waals surface area contributed by atoms with Gasteiger partial charge < -0.3 is 5.32 Å². The highest BCUT2D eigenvalue weighted by atomic mass is 32.2. The zero-order chi connectivity index (χ0) is 22.6. The minimum atomic E-state index is -5.03. The van der Waals surface area contributed by atoms with Gasteiger partial charge in [0.25, 0.3) is 5.56 Å². The van der Waals surface area contributed by atoms with Crippen molar-refractivity contribution in [3.8, 4) is 0 Å². The van der Waals surface area contributed by atoms with Crippen molar-refractivity contribution in [3.63, 3.8) is 0 Å². The molecule has 1 aliphatic heterocycles. The Labute approximate surface area is 172 Å². The quantitative estimate of drug-likeness (QED) is 0.455. The number of amides is 1. The van der Waals surface area contributed by atoms with Gasteiger partial charge in [-0.3, -0.25) is 19.3 Å². The van der Waals surface area contributed by atoms with Gasteiger partial charge in [0.05, 0.1) is 23.4 Å². The molecule has 4 rings (SSSR count). The first kappa shape index (κ1) is 21.2. The summed E-state index contributed by atoms with van der Waals surface area (Å²) in [4.78, 5) is 29.2. The summed E-state index contributed by atoms with van der Waals surface area (Å²) in [5.74, 6) is -0.559. The predicted octanol–water partition coefficient (Wildman–Crippen LogP) is 3.83. The van der Waals surface area contributed by atoms with Crippen LogP contribution in [0.5, 0.6) is 0 Å². The molecule has 1 atom stereocenters. The minimum absolute atomic E-state index is 0.0269. The Morgan fingerprint density at radius 2 is 1.81 bits per heavy atom. The highest BCUT2D eigenvalue weighted by molar-refractivity contribution is 7.99. The second-order valence-corrected chi connectivity index (χ2v) is 7.70. The maximum absolute atomic E-state index is 13.0. The molecule has 1 unspecified atom stereocenters. The van der Waals surface area contributed by atoms with Crippen LogP contribution in [0, 0.1) is 0 Å². The third kappa shape index (κ3) is 4.11. The zero-order valence-electron chi connectivity index (χ0n) is 15.1. The number of alkyl halides is 6. The van der Waals surface area contributed by atoms with Gasteiger partial charge in [0, 0.05) is 17.9 Å². The third-order valence-corrected chi connectivity index (χ3v) is 5.64.